The Bertz CT molecular complexity index is 1060. The van der Waals surface area contributed by atoms with Crippen molar-refractivity contribution >= 4 is 40.3 Å². The molecular weight excluding hydrogens is 386 g/mol. The van der Waals surface area contributed by atoms with Gasteiger partial charge in [-0.05, 0) is 32.1 Å². The molecule has 0 spiro atoms. The highest BCUT2D eigenvalue weighted by molar-refractivity contribution is 8.26. The van der Waals surface area contributed by atoms with Crippen LogP contribution in [0.1, 0.15) is 19.4 Å². The predicted molar refractivity (Wildman–Crippen MR) is 119 cm³/mol. The minimum absolute atomic E-state index is 0.0408. The summed E-state index contributed by atoms with van der Waals surface area (Å²) in [7, 11) is 0. The van der Waals surface area contributed by atoms with Gasteiger partial charge in [0.05, 0.1) is 16.3 Å². The largest absolute Gasteiger partial charge is 0.290 e. The van der Waals surface area contributed by atoms with E-state index < -0.39 is 0 Å². The highest BCUT2D eigenvalue weighted by atomic mass is 32.2. The van der Waals surface area contributed by atoms with Crippen LogP contribution in [0.4, 0.5) is 0 Å². The van der Waals surface area contributed by atoms with Crippen molar-refractivity contribution in [3.8, 4) is 16.9 Å². The Morgan fingerprint density at radius 1 is 1.04 bits per heavy atom. The van der Waals surface area contributed by atoms with Gasteiger partial charge in [0.25, 0.3) is 5.91 Å². The average Bonchev–Trinajstić information content (AvgIpc) is 3.24. The molecule has 3 aromatic rings. The van der Waals surface area contributed by atoms with Crippen molar-refractivity contribution in [3.05, 3.63) is 77.3 Å². The van der Waals surface area contributed by atoms with Crippen LogP contribution >= 0.6 is 24.0 Å². The lowest BCUT2D eigenvalue weighted by Gasteiger charge is -2.18. The monoisotopic (exact) mass is 405 g/mol. The first-order valence-corrected chi connectivity index (χ1v) is 10.2. The number of carbonyl (C=O) groups is 1. The van der Waals surface area contributed by atoms with Gasteiger partial charge >= 0.3 is 0 Å². The van der Waals surface area contributed by atoms with Crippen molar-refractivity contribution in [3.63, 3.8) is 0 Å². The summed E-state index contributed by atoms with van der Waals surface area (Å²) >= 11 is 6.75. The summed E-state index contributed by atoms with van der Waals surface area (Å²) in [5, 5.41) is 4.80. The lowest BCUT2D eigenvalue weighted by atomic mass is 10.1. The molecule has 1 aliphatic rings. The van der Waals surface area contributed by atoms with Crippen LogP contribution in [0.15, 0.2) is 71.8 Å². The maximum atomic E-state index is 12.8. The summed E-state index contributed by atoms with van der Waals surface area (Å²) in [6, 6.07) is 20.0. The van der Waals surface area contributed by atoms with E-state index in [0.717, 1.165) is 22.5 Å². The fourth-order valence-electron chi connectivity index (χ4n) is 3.09. The van der Waals surface area contributed by atoms with Crippen molar-refractivity contribution in [2.45, 2.75) is 19.9 Å². The molecule has 1 fully saturated rings. The van der Waals surface area contributed by atoms with E-state index in [2.05, 4.69) is 0 Å². The van der Waals surface area contributed by atoms with Gasteiger partial charge in [0.1, 0.15) is 4.32 Å². The first-order valence-electron chi connectivity index (χ1n) is 9.02. The topological polar surface area (TPSA) is 38.1 Å². The zero-order chi connectivity index (χ0) is 19.7. The molecule has 0 radical (unpaired) electrons. The third-order valence-electron chi connectivity index (χ3n) is 4.44. The van der Waals surface area contributed by atoms with Gasteiger partial charge < -0.3 is 0 Å². The van der Waals surface area contributed by atoms with E-state index in [1.807, 2.05) is 91.5 Å². The molecule has 1 aromatic heterocycles. The molecule has 0 saturated carbocycles. The van der Waals surface area contributed by atoms with Gasteiger partial charge in [0.2, 0.25) is 0 Å². The maximum Gasteiger partial charge on any atom is 0.266 e. The molecule has 1 saturated heterocycles. The molecule has 0 unspecified atom stereocenters. The molecule has 4 rings (SSSR count). The van der Waals surface area contributed by atoms with Crippen molar-refractivity contribution in [1.82, 2.24) is 14.7 Å². The van der Waals surface area contributed by atoms with E-state index >= 15 is 0 Å². The third kappa shape index (κ3) is 3.53. The predicted octanol–water partition coefficient (Wildman–Crippen LogP) is 5.15. The molecule has 0 N–H and O–H groups in total. The van der Waals surface area contributed by atoms with Crippen LogP contribution in [0.25, 0.3) is 23.0 Å². The second-order valence-corrected chi connectivity index (χ2v) is 8.40. The van der Waals surface area contributed by atoms with Crippen molar-refractivity contribution < 1.29 is 4.79 Å². The molecule has 2 aromatic carbocycles. The lowest BCUT2D eigenvalue weighted by molar-refractivity contribution is -0.123. The zero-order valence-electron chi connectivity index (χ0n) is 15.6. The molecule has 0 aliphatic carbocycles. The SMILES string of the molecule is CC(C)N1C(=O)/C(=C/c2cn(-c3ccccc3)nc2-c2ccccc2)SC1=S. The van der Waals surface area contributed by atoms with Gasteiger partial charge in [-0.15, -0.1) is 0 Å². The third-order valence-corrected chi connectivity index (χ3v) is 5.77. The van der Waals surface area contributed by atoms with Gasteiger partial charge in [-0.25, -0.2) is 4.68 Å². The summed E-state index contributed by atoms with van der Waals surface area (Å²) in [5.74, 6) is -0.0449. The van der Waals surface area contributed by atoms with Crippen LogP contribution in [0.3, 0.4) is 0 Å². The molecular formula is C22H19N3OS2. The molecule has 6 heteroatoms. The van der Waals surface area contributed by atoms with Crippen molar-refractivity contribution in [2.75, 3.05) is 0 Å². The molecule has 28 heavy (non-hydrogen) atoms. The van der Waals surface area contributed by atoms with Gasteiger partial charge in [-0.2, -0.15) is 5.10 Å². The van der Waals surface area contributed by atoms with Crippen molar-refractivity contribution in [2.24, 2.45) is 0 Å². The van der Waals surface area contributed by atoms with Crippen LogP contribution in [-0.4, -0.2) is 30.9 Å². The van der Waals surface area contributed by atoms with E-state index in [1.165, 1.54) is 11.8 Å². The summed E-state index contributed by atoms with van der Waals surface area (Å²) in [4.78, 5) is 15.1. The zero-order valence-corrected chi connectivity index (χ0v) is 17.2. The van der Waals surface area contributed by atoms with Crippen LogP contribution in [-0.2, 0) is 4.79 Å². The quantitative estimate of drug-likeness (QED) is 0.444. The van der Waals surface area contributed by atoms with Gasteiger partial charge in [0.15, 0.2) is 0 Å². The Morgan fingerprint density at radius 3 is 2.29 bits per heavy atom. The summed E-state index contributed by atoms with van der Waals surface area (Å²) in [5.41, 5.74) is 3.69. The molecule has 1 amide bonds. The Morgan fingerprint density at radius 2 is 1.68 bits per heavy atom. The molecule has 0 bridgehead atoms. The second-order valence-electron chi connectivity index (χ2n) is 6.72. The molecule has 140 valence electrons. The standard InChI is InChI=1S/C22H19N3OS2/c1-15(2)25-21(26)19(28-22(25)27)13-17-14-24(18-11-7-4-8-12-18)23-20(17)16-9-5-3-6-10-16/h3-15H,1-2H3/b19-13-. The van der Waals surface area contributed by atoms with E-state index in [4.69, 9.17) is 17.3 Å². The first kappa shape index (κ1) is 18.7. The highest BCUT2D eigenvalue weighted by Crippen LogP contribution is 2.35. The van der Waals surface area contributed by atoms with Gasteiger partial charge in [-0.1, -0.05) is 72.5 Å². The van der Waals surface area contributed by atoms with E-state index in [9.17, 15) is 4.79 Å². The first-order chi connectivity index (χ1) is 13.5. The number of nitrogens with zero attached hydrogens (tertiary/aromatic N) is 3. The minimum atomic E-state index is -0.0449. The Kier molecular flexibility index (Phi) is 5.15. The molecule has 1 aliphatic heterocycles. The number of benzene rings is 2. The van der Waals surface area contributed by atoms with E-state index in [-0.39, 0.29) is 11.9 Å². The van der Waals surface area contributed by atoms with Crippen molar-refractivity contribution in [1.29, 1.82) is 0 Å². The fourth-order valence-corrected chi connectivity index (χ4v) is 4.61. The minimum Gasteiger partial charge on any atom is -0.290 e. The fraction of sp³-hybridized carbons (Fsp3) is 0.136. The molecule has 2 heterocycles. The van der Waals surface area contributed by atoms with Crippen LogP contribution in [0, 0.1) is 0 Å². The summed E-state index contributed by atoms with van der Waals surface area (Å²) in [6.07, 6.45) is 3.86. The Balaban J connectivity index is 1.81. The van der Waals surface area contributed by atoms with Crippen LogP contribution in [0.2, 0.25) is 0 Å². The number of carbonyl (C=O) groups excluding carboxylic acids is 1. The smallest absolute Gasteiger partial charge is 0.266 e. The van der Waals surface area contributed by atoms with Gasteiger partial charge in [-0.3, -0.25) is 9.69 Å². The summed E-state index contributed by atoms with van der Waals surface area (Å²) < 4.78 is 2.44. The highest BCUT2D eigenvalue weighted by Gasteiger charge is 2.34. The molecule has 4 nitrogen and oxygen atoms in total. The number of hydrogen-bond donors (Lipinski definition) is 0. The van der Waals surface area contributed by atoms with Crippen LogP contribution in [0.5, 0.6) is 0 Å². The van der Waals surface area contributed by atoms with Gasteiger partial charge in [0, 0.05) is 23.4 Å². The Hall–Kier alpha value is -2.70. The number of rotatable bonds is 4. The Labute approximate surface area is 173 Å². The van der Waals surface area contributed by atoms with E-state index in [0.29, 0.717) is 9.23 Å². The number of aromatic nitrogens is 2. The van der Waals surface area contributed by atoms with E-state index in [1.54, 1.807) is 4.90 Å². The second kappa shape index (κ2) is 7.73. The molecule has 0 atom stereocenters. The number of thioether (sulfide) groups is 1. The number of hydrogen-bond acceptors (Lipinski definition) is 4. The number of thiocarbonyl (C=S) groups is 1. The number of para-hydroxylation sites is 1. The average molecular weight is 406 g/mol. The number of amides is 1. The summed E-state index contributed by atoms with van der Waals surface area (Å²) in [6.45, 7) is 3.94. The van der Waals surface area contributed by atoms with Crippen LogP contribution < -0.4 is 0 Å². The lowest BCUT2D eigenvalue weighted by Crippen LogP contribution is -2.34. The maximum absolute atomic E-state index is 12.8. The normalized spacial score (nSPS) is 15.8.